The van der Waals surface area contributed by atoms with Crippen molar-refractivity contribution < 1.29 is 20.4 Å². The maximum Gasteiger partial charge on any atom is 0.106 e. The predicted octanol–water partition coefficient (Wildman–Crippen LogP) is 0.199. The molecule has 0 aliphatic rings. The second-order valence-corrected chi connectivity index (χ2v) is 3.96. The summed E-state index contributed by atoms with van der Waals surface area (Å²) in [6, 6.07) is 0. The molecule has 5 nitrogen and oxygen atoms in total. The van der Waals surface area contributed by atoms with Crippen LogP contribution < -0.4 is 0 Å². The quantitative estimate of drug-likeness (QED) is 0.520. The third kappa shape index (κ3) is 14.0. The largest absolute Gasteiger partial charge is 0.394 e. The van der Waals surface area contributed by atoms with Gasteiger partial charge in [0.25, 0.3) is 0 Å². The predicted molar refractivity (Wildman–Crippen MR) is 71.2 cm³/mol. The Kier molecular flexibility index (Phi) is 18.6. The van der Waals surface area contributed by atoms with Gasteiger partial charge in [0.2, 0.25) is 0 Å². The summed E-state index contributed by atoms with van der Waals surface area (Å²) in [5.41, 5.74) is 0. The highest BCUT2D eigenvalue weighted by Crippen LogP contribution is 2.00. The van der Waals surface area contributed by atoms with Crippen molar-refractivity contribution >= 4 is 12.4 Å². The van der Waals surface area contributed by atoms with Crippen molar-refractivity contribution in [2.24, 2.45) is 0 Å². The molecule has 6 heteroatoms. The summed E-state index contributed by atoms with van der Waals surface area (Å²) >= 11 is 0. The van der Waals surface area contributed by atoms with Gasteiger partial charge in [0.15, 0.2) is 0 Å². The fourth-order valence-corrected chi connectivity index (χ4v) is 0.975. The summed E-state index contributed by atoms with van der Waals surface area (Å²) in [5, 5.41) is 34.8. The van der Waals surface area contributed by atoms with E-state index in [0.29, 0.717) is 6.42 Å². The summed E-state index contributed by atoms with van der Waals surface area (Å²) in [7, 11) is 3.71. The number of aliphatic hydroxyl groups excluding tert-OH is 4. The van der Waals surface area contributed by atoms with Crippen LogP contribution in [0.3, 0.4) is 0 Å². The first kappa shape index (κ1) is 22.3. The van der Waals surface area contributed by atoms with E-state index in [1.807, 2.05) is 27.9 Å². The average Bonchev–Trinajstić information content (AvgIpc) is 2.27. The molecular formula is C11H28ClNO4. The van der Waals surface area contributed by atoms with E-state index >= 15 is 0 Å². The highest BCUT2D eigenvalue weighted by molar-refractivity contribution is 5.85. The van der Waals surface area contributed by atoms with Gasteiger partial charge < -0.3 is 20.4 Å². The van der Waals surface area contributed by atoms with Gasteiger partial charge in [0.1, 0.15) is 12.3 Å². The average molecular weight is 274 g/mol. The van der Waals surface area contributed by atoms with Gasteiger partial charge in [-0.05, 0) is 26.9 Å². The molecule has 0 saturated heterocycles. The first-order valence-electron chi connectivity index (χ1n) is 5.72. The molecular weight excluding hydrogens is 246 g/mol. The molecule has 0 aromatic carbocycles. The van der Waals surface area contributed by atoms with Crippen molar-refractivity contribution in [1.29, 1.82) is 0 Å². The highest BCUT2D eigenvalue weighted by atomic mass is 35.5. The van der Waals surface area contributed by atoms with Crippen LogP contribution in [-0.2, 0) is 0 Å². The van der Waals surface area contributed by atoms with Crippen LogP contribution in [0.2, 0.25) is 0 Å². The van der Waals surface area contributed by atoms with Crippen LogP contribution in [0, 0.1) is 0 Å². The minimum absolute atomic E-state index is 0. The molecule has 0 spiro atoms. The van der Waals surface area contributed by atoms with Gasteiger partial charge in [-0.15, -0.1) is 12.4 Å². The lowest BCUT2D eigenvalue weighted by Gasteiger charge is -2.15. The highest BCUT2D eigenvalue weighted by Gasteiger charge is 2.12. The van der Waals surface area contributed by atoms with Gasteiger partial charge in [-0.3, -0.25) is 4.90 Å². The van der Waals surface area contributed by atoms with Crippen LogP contribution in [0.4, 0.5) is 0 Å². The van der Waals surface area contributed by atoms with Crippen LogP contribution in [0.5, 0.6) is 0 Å². The third-order valence-electron chi connectivity index (χ3n) is 2.18. The Hall–Kier alpha value is 0.0900. The zero-order chi connectivity index (χ0) is 13.1. The maximum atomic E-state index is 8.91. The summed E-state index contributed by atoms with van der Waals surface area (Å²) in [6.07, 6.45) is 0.164. The maximum absolute atomic E-state index is 8.91. The summed E-state index contributed by atoms with van der Waals surface area (Å²) in [6.45, 7) is 3.50. The number of halogens is 1. The molecule has 0 fully saturated rings. The first-order valence-corrected chi connectivity index (χ1v) is 5.72. The SMILES string of the molecule is CCC(O)N(C)C.CCCC(O)C(O)CO.Cl. The monoisotopic (exact) mass is 273 g/mol. The van der Waals surface area contributed by atoms with Crippen LogP contribution in [0.15, 0.2) is 0 Å². The molecule has 0 bridgehead atoms. The Morgan fingerprint density at radius 2 is 1.47 bits per heavy atom. The molecule has 4 N–H and O–H groups in total. The van der Waals surface area contributed by atoms with E-state index < -0.39 is 12.2 Å². The lowest BCUT2D eigenvalue weighted by Crippen LogP contribution is -2.28. The van der Waals surface area contributed by atoms with Crippen molar-refractivity contribution in [3.8, 4) is 0 Å². The number of nitrogens with zero attached hydrogens (tertiary/aromatic N) is 1. The number of hydrogen-bond acceptors (Lipinski definition) is 5. The van der Waals surface area contributed by atoms with Gasteiger partial charge in [-0.1, -0.05) is 20.3 Å². The van der Waals surface area contributed by atoms with E-state index in [1.54, 1.807) is 4.90 Å². The van der Waals surface area contributed by atoms with E-state index in [0.717, 1.165) is 12.8 Å². The first-order chi connectivity index (χ1) is 7.40. The van der Waals surface area contributed by atoms with Gasteiger partial charge in [-0.25, -0.2) is 0 Å². The van der Waals surface area contributed by atoms with Crippen LogP contribution in [0.25, 0.3) is 0 Å². The topological polar surface area (TPSA) is 84.2 Å². The molecule has 0 radical (unpaired) electrons. The molecule has 108 valence electrons. The number of rotatable bonds is 6. The van der Waals surface area contributed by atoms with E-state index in [4.69, 9.17) is 20.4 Å². The van der Waals surface area contributed by atoms with Crippen molar-refractivity contribution in [2.45, 2.75) is 51.5 Å². The van der Waals surface area contributed by atoms with E-state index in [1.165, 1.54) is 0 Å². The summed E-state index contributed by atoms with van der Waals surface area (Å²) in [5.74, 6) is 0. The second kappa shape index (κ2) is 14.2. The molecule has 0 aliphatic heterocycles. The van der Waals surface area contributed by atoms with Crippen LogP contribution >= 0.6 is 12.4 Å². The van der Waals surface area contributed by atoms with Crippen LogP contribution in [0.1, 0.15) is 33.1 Å². The van der Waals surface area contributed by atoms with Gasteiger partial charge in [-0.2, -0.15) is 0 Å². The van der Waals surface area contributed by atoms with Crippen molar-refractivity contribution in [3.05, 3.63) is 0 Å². The minimum Gasteiger partial charge on any atom is -0.394 e. The fourth-order valence-electron chi connectivity index (χ4n) is 0.975. The molecule has 0 aromatic heterocycles. The number of hydrogen-bond donors (Lipinski definition) is 4. The Morgan fingerprint density at radius 3 is 1.65 bits per heavy atom. The van der Waals surface area contributed by atoms with E-state index in [-0.39, 0.29) is 25.2 Å². The number of aliphatic hydroxyl groups is 4. The Morgan fingerprint density at radius 1 is 1.00 bits per heavy atom. The molecule has 3 atom stereocenters. The van der Waals surface area contributed by atoms with Gasteiger partial charge >= 0.3 is 0 Å². The van der Waals surface area contributed by atoms with E-state index in [2.05, 4.69) is 0 Å². The van der Waals surface area contributed by atoms with Gasteiger partial charge in [0.05, 0.1) is 12.7 Å². The summed E-state index contributed by atoms with van der Waals surface area (Å²) in [4.78, 5) is 1.78. The second-order valence-electron chi connectivity index (χ2n) is 3.96. The molecule has 0 amide bonds. The smallest absolute Gasteiger partial charge is 0.106 e. The fraction of sp³-hybridized carbons (Fsp3) is 1.00. The normalized spacial score (nSPS) is 15.4. The van der Waals surface area contributed by atoms with E-state index in [9.17, 15) is 0 Å². The molecule has 17 heavy (non-hydrogen) atoms. The standard InChI is InChI=1S/C6H14O3.C5H13NO.ClH/c1-2-3-5(8)6(9)4-7;1-4-5(7)6(2)3;/h5-9H,2-4H2,1H3;5,7H,4H2,1-3H3;1H. The molecule has 0 aliphatic carbocycles. The molecule has 0 aromatic rings. The zero-order valence-corrected chi connectivity index (χ0v) is 12.0. The van der Waals surface area contributed by atoms with Crippen LogP contribution in [-0.4, -0.2) is 64.5 Å². The zero-order valence-electron chi connectivity index (χ0n) is 11.2. The molecule has 0 saturated carbocycles. The lowest BCUT2D eigenvalue weighted by molar-refractivity contribution is -0.0177. The molecule has 3 unspecified atom stereocenters. The molecule has 0 heterocycles. The van der Waals surface area contributed by atoms with Crippen molar-refractivity contribution in [1.82, 2.24) is 4.90 Å². The van der Waals surface area contributed by atoms with Crippen molar-refractivity contribution in [3.63, 3.8) is 0 Å². The molecule has 0 rings (SSSR count). The third-order valence-corrected chi connectivity index (χ3v) is 2.18. The minimum atomic E-state index is -0.968. The Labute approximate surface area is 110 Å². The van der Waals surface area contributed by atoms with Crippen molar-refractivity contribution in [2.75, 3.05) is 20.7 Å². The Bertz CT molecular complexity index is 149. The lowest BCUT2D eigenvalue weighted by atomic mass is 10.1. The summed E-state index contributed by atoms with van der Waals surface area (Å²) < 4.78 is 0. The Balaban J connectivity index is -0.000000224. The van der Waals surface area contributed by atoms with Gasteiger partial charge in [0, 0.05) is 0 Å².